The van der Waals surface area contributed by atoms with Crippen LogP contribution in [0.2, 0.25) is 0 Å². The van der Waals surface area contributed by atoms with Crippen LogP contribution in [0.15, 0.2) is 24.3 Å². The first-order valence-corrected chi connectivity index (χ1v) is 5.53. The minimum absolute atomic E-state index is 0.915. The molecule has 1 heterocycles. The van der Waals surface area contributed by atoms with Crippen molar-refractivity contribution in [1.29, 1.82) is 0 Å². The first-order chi connectivity index (χ1) is 7.76. The number of hydrogen-bond donors (Lipinski definition) is 1. The Morgan fingerprint density at radius 1 is 1.31 bits per heavy atom. The smallest absolute Gasteiger partial charge is 0.119 e. The van der Waals surface area contributed by atoms with Gasteiger partial charge in [0.1, 0.15) is 5.75 Å². The second kappa shape index (κ2) is 4.58. The predicted molar refractivity (Wildman–Crippen MR) is 67.1 cm³/mol. The van der Waals surface area contributed by atoms with Crippen LogP contribution in [0.3, 0.4) is 0 Å². The largest absolute Gasteiger partial charge is 0.497 e. The molecular weight excluding hydrogens is 200 g/mol. The van der Waals surface area contributed by atoms with Gasteiger partial charge < -0.3 is 14.6 Å². The lowest BCUT2D eigenvalue weighted by atomic mass is 10.2. The van der Waals surface area contributed by atoms with Crippen molar-refractivity contribution in [3.63, 3.8) is 0 Å². The van der Waals surface area contributed by atoms with Crippen LogP contribution in [-0.2, 0) is 13.5 Å². The van der Waals surface area contributed by atoms with Crippen LogP contribution in [0.4, 0.5) is 0 Å². The summed E-state index contributed by atoms with van der Waals surface area (Å²) >= 11 is 0. The van der Waals surface area contributed by atoms with Crippen molar-refractivity contribution in [3.05, 3.63) is 30.0 Å². The van der Waals surface area contributed by atoms with Crippen molar-refractivity contribution >= 4 is 10.9 Å². The fourth-order valence-corrected chi connectivity index (χ4v) is 2.00. The fourth-order valence-electron chi connectivity index (χ4n) is 2.00. The van der Waals surface area contributed by atoms with Crippen molar-refractivity contribution in [2.75, 3.05) is 20.7 Å². The molecule has 0 saturated carbocycles. The molecule has 1 N–H and O–H groups in total. The van der Waals surface area contributed by atoms with Crippen molar-refractivity contribution in [1.82, 2.24) is 9.88 Å². The SMILES string of the molecule is CNCCc1cc2cc(OC)ccc2n1C. The molecule has 0 saturated heterocycles. The standard InChI is InChI=1S/C13H18N2O/c1-14-7-6-11-8-10-9-12(16-3)4-5-13(10)15(11)2/h4-5,8-9,14H,6-7H2,1-3H3. The average Bonchev–Trinajstić information content (AvgIpc) is 2.63. The molecule has 3 heteroatoms. The molecule has 0 unspecified atom stereocenters. The molecule has 1 aromatic carbocycles. The Labute approximate surface area is 96.0 Å². The number of hydrogen-bond acceptors (Lipinski definition) is 2. The third-order valence-corrected chi connectivity index (χ3v) is 2.98. The lowest BCUT2D eigenvalue weighted by Crippen LogP contribution is -2.12. The number of fused-ring (bicyclic) bond motifs is 1. The van der Waals surface area contributed by atoms with Gasteiger partial charge in [-0.15, -0.1) is 0 Å². The number of rotatable bonds is 4. The maximum atomic E-state index is 5.23. The number of aryl methyl sites for hydroxylation is 1. The Hall–Kier alpha value is -1.48. The summed E-state index contributed by atoms with van der Waals surface area (Å²) in [5.74, 6) is 0.915. The highest BCUT2D eigenvalue weighted by atomic mass is 16.5. The van der Waals surface area contributed by atoms with Gasteiger partial charge in [0, 0.05) is 36.6 Å². The van der Waals surface area contributed by atoms with Crippen molar-refractivity contribution in [2.24, 2.45) is 7.05 Å². The molecule has 1 aromatic heterocycles. The Morgan fingerprint density at radius 2 is 2.12 bits per heavy atom. The summed E-state index contributed by atoms with van der Waals surface area (Å²) in [6.45, 7) is 1.00. The molecule has 0 atom stereocenters. The van der Waals surface area contributed by atoms with E-state index < -0.39 is 0 Å². The summed E-state index contributed by atoms with van der Waals surface area (Å²) in [5.41, 5.74) is 2.60. The zero-order valence-electron chi connectivity index (χ0n) is 10.1. The molecule has 16 heavy (non-hydrogen) atoms. The lowest BCUT2D eigenvalue weighted by molar-refractivity contribution is 0.415. The van der Waals surface area contributed by atoms with Gasteiger partial charge in [-0.05, 0) is 31.3 Å². The topological polar surface area (TPSA) is 26.2 Å². The monoisotopic (exact) mass is 218 g/mol. The molecular formula is C13H18N2O. The molecule has 0 fully saturated rings. The molecule has 0 spiro atoms. The minimum Gasteiger partial charge on any atom is -0.497 e. The van der Waals surface area contributed by atoms with E-state index in [1.807, 2.05) is 13.1 Å². The Kier molecular flexibility index (Phi) is 3.15. The highest BCUT2D eigenvalue weighted by Crippen LogP contribution is 2.23. The average molecular weight is 218 g/mol. The van der Waals surface area contributed by atoms with Crippen LogP contribution < -0.4 is 10.1 Å². The summed E-state index contributed by atoms with van der Waals surface area (Å²) in [4.78, 5) is 0. The fraction of sp³-hybridized carbons (Fsp3) is 0.385. The van der Waals surface area contributed by atoms with Crippen LogP contribution in [0.5, 0.6) is 5.75 Å². The Bertz CT molecular complexity index is 488. The normalized spacial score (nSPS) is 10.9. The van der Waals surface area contributed by atoms with Crippen molar-refractivity contribution < 1.29 is 4.74 Å². The molecule has 2 rings (SSSR count). The van der Waals surface area contributed by atoms with Gasteiger partial charge in [-0.25, -0.2) is 0 Å². The number of ether oxygens (including phenoxy) is 1. The summed E-state index contributed by atoms with van der Waals surface area (Å²) in [6, 6.07) is 8.43. The second-order valence-electron chi connectivity index (χ2n) is 3.97. The van der Waals surface area contributed by atoms with E-state index in [0.717, 1.165) is 18.7 Å². The van der Waals surface area contributed by atoms with Gasteiger partial charge in [0.2, 0.25) is 0 Å². The maximum absolute atomic E-state index is 5.23. The van der Waals surface area contributed by atoms with Gasteiger partial charge in [0.25, 0.3) is 0 Å². The molecule has 86 valence electrons. The number of nitrogens with zero attached hydrogens (tertiary/aromatic N) is 1. The molecule has 0 bridgehead atoms. The molecule has 3 nitrogen and oxygen atoms in total. The van der Waals surface area contributed by atoms with Crippen LogP contribution in [0.25, 0.3) is 10.9 Å². The van der Waals surface area contributed by atoms with E-state index in [1.165, 1.54) is 16.6 Å². The van der Waals surface area contributed by atoms with E-state index >= 15 is 0 Å². The van der Waals surface area contributed by atoms with Gasteiger partial charge in [-0.3, -0.25) is 0 Å². The van der Waals surface area contributed by atoms with Crippen molar-refractivity contribution in [3.8, 4) is 5.75 Å². The number of methoxy groups -OCH3 is 1. The molecule has 0 aliphatic heterocycles. The third-order valence-electron chi connectivity index (χ3n) is 2.98. The highest BCUT2D eigenvalue weighted by Gasteiger charge is 2.05. The third kappa shape index (κ3) is 1.91. The summed E-state index contributed by atoms with van der Waals surface area (Å²) in [5, 5.41) is 4.42. The zero-order chi connectivity index (χ0) is 11.5. The first-order valence-electron chi connectivity index (χ1n) is 5.53. The van der Waals surface area contributed by atoms with Crippen LogP contribution in [0, 0.1) is 0 Å². The van der Waals surface area contributed by atoms with Crippen LogP contribution in [0.1, 0.15) is 5.69 Å². The summed E-state index contributed by atoms with van der Waals surface area (Å²) < 4.78 is 7.47. The number of nitrogens with one attached hydrogen (secondary N) is 1. The van der Waals surface area contributed by atoms with E-state index in [-0.39, 0.29) is 0 Å². The van der Waals surface area contributed by atoms with E-state index in [0.29, 0.717) is 0 Å². The highest BCUT2D eigenvalue weighted by molar-refractivity contribution is 5.82. The number of benzene rings is 1. The second-order valence-corrected chi connectivity index (χ2v) is 3.97. The zero-order valence-corrected chi connectivity index (χ0v) is 10.1. The first kappa shape index (κ1) is 11.0. The van der Waals surface area contributed by atoms with Gasteiger partial charge in [-0.2, -0.15) is 0 Å². The summed E-state index contributed by atoms with van der Waals surface area (Å²) in [7, 11) is 5.79. The van der Waals surface area contributed by atoms with Gasteiger partial charge in [0.15, 0.2) is 0 Å². The molecule has 0 amide bonds. The van der Waals surface area contributed by atoms with Gasteiger partial charge in [-0.1, -0.05) is 0 Å². The van der Waals surface area contributed by atoms with Crippen molar-refractivity contribution in [2.45, 2.75) is 6.42 Å². The lowest BCUT2D eigenvalue weighted by Gasteiger charge is -2.03. The minimum atomic E-state index is 0.915. The van der Waals surface area contributed by atoms with Crippen LogP contribution >= 0.6 is 0 Å². The number of aromatic nitrogens is 1. The molecule has 2 aromatic rings. The van der Waals surface area contributed by atoms with E-state index in [9.17, 15) is 0 Å². The molecule has 0 radical (unpaired) electrons. The van der Waals surface area contributed by atoms with E-state index in [1.54, 1.807) is 7.11 Å². The Balaban J connectivity index is 2.41. The quantitative estimate of drug-likeness (QED) is 0.849. The molecule has 0 aliphatic carbocycles. The predicted octanol–water partition coefficient (Wildman–Crippen LogP) is 1.95. The van der Waals surface area contributed by atoms with E-state index in [4.69, 9.17) is 4.74 Å². The number of likely N-dealkylation sites (N-methyl/N-ethyl adjacent to an activating group) is 1. The van der Waals surface area contributed by atoms with Gasteiger partial charge in [0.05, 0.1) is 7.11 Å². The van der Waals surface area contributed by atoms with Gasteiger partial charge >= 0.3 is 0 Å². The van der Waals surface area contributed by atoms with Crippen LogP contribution in [-0.4, -0.2) is 25.3 Å². The van der Waals surface area contributed by atoms with E-state index in [2.05, 4.69) is 35.1 Å². The molecule has 0 aliphatic rings. The summed E-state index contributed by atoms with van der Waals surface area (Å²) in [6.07, 6.45) is 1.05. The maximum Gasteiger partial charge on any atom is 0.119 e. The Morgan fingerprint density at radius 3 is 2.81 bits per heavy atom.